The van der Waals surface area contributed by atoms with Crippen molar-refractivity contribution in [1.82, 2.24) is 19.8 Å². The summed E-state index contributed by atoms with van der Waals surface area (Å²) in [5.41, 5.74) is 1.18. The second-order valence-electron chi connectivity index (χ2n) is 7.48. The molecule has 2 heterocycles. The first-order valence-electron chi connectivity index (χ1n) is 9.70. The maximum atomic E-state index is 9.51. The van der Waals surface area contributed by atoms with Crippen molar-refractivity contribution >= 4 is 11.8 Å². The number of thioether (sulfide) groups is 1. The Balaban J connectivity index is 1.54. The summed E-state index contributed by atoms with van der Waals surface area (Å²) in [5.74, 6) is 0.869. The Morgan fingerprint density at radius 1 is 1.16 bits per heavy atom. The third-order valence-corrected chi connectivity index (χ3v) is 6.21. The lowest BCUT2D eigenvalue weighted by atomic mass is 9.88. The molecule has 140 valence electrons. The molecule has 1 aromatic rings. The van der Waals surface area contributed by atoms with Gasteiger partial charge in [0.2, 0.25) is 0 Å². The van der Waals surface area contributed by atoms with Crippen LogP contribution in [0.15, 0.2) is 17.6 Å². The lowest BCUT2D eigenvalue weighted by Crippen LogP contribution is -2.54. The van der Waals surface area contributed by atoms with Crippen molar-refractivity contribution in [2.45, 2.75) is 56.3 Å². The molecule has 1 saturated carbocycles. The third-order valence-electron chi connectivity index (χ3n) is 5.64. The van der Waals surface area contributed by atoms with Crippen molar-refractivity contribution < 1.29 is 5.11 Å². The summed E-state index contributed by atoms with van der Waals surface area (Å²) >= 11 is 1.58. The van der Waals surface area contributed by atoms with Gasteiger partial charge < -0.3 is 5.11 Å². The third kappa shape index (κ3) is 5.64. The normalized spacial score (nSPS) is 23.8. The number of rotatable bonds is 7. The van der Waals surface area contributed by atoms with E-state index in [0.717, 1.165) is 43.7 Å². The molecule has 0 radical (unpaired) electrons. The van der Waals surface area contributed by atoms with E-state index in [1.54, 1.807) is 11.8 Å². The number of aliphatic hydroxyl groups is 1. The van der Waals surface area contributed by atoms with Crippen molar-refractivity contribution in [3.63, 3.8) is 0 Å². The summed E-state index contributed by atoms with van der Waals surface area (Å²) in [7, 11) is 0. The predicted molar refractivity (Wildman–Crippen MR) is 103 cm³/mol. The fourth-order valence-corrected chi connectivity index (χ4v) is 4.57. The van der Waals surface area contributed by atoms with Gasteiger partial charge in [-0.25, -0.2) is 9.97 Å². The van der Waals surface area contributed by atoms with Crippen LogP contribution in [0.25, 0.3) is 0 Å². The molecule has 1 aliphatic heterocycles. The highest BCUT2D eigenvalue weighted by atomic mass is 32.2. The zero-order chi connectivity index (χ0) is 17.5. The molecule has 1 unspecified atom stereocenters. The molecule has 2 aliphatic rings. The standard InChI is InChI=1S/C19H32N4OS/c1-25-19-20-11-17(12-21-19)13-22-8-9-23(18(15-22)7-10-24)14-16-5-3-2-4-6-16/h11-12,16,18,24H,2-10,13-15H2,1H3. The van der Waals surface area contributed by atoms with Gasteiger partial charge in [0.1, 0.15) is 0 Å². The van der Waals surface area contributed by atoms with Gasteiger partial charge in [-0.05, 0) is 31.4 Å². The first kappa shape index (κ1) is 19.1. The van der Waals surface area contributed by atoms with E-state index in [1.165, 1.54) is 44.2 Å². The van der Waals surface area contributed by atoms with Crippen LogP contribution in [0.5, 0.6) is 0 Å². The second kappa shape index (κ2) is 9.86. The maximum absolute atomic E-state index is 9.51. The Morgan fingerprint density at radius 3 is 2.60 bits per heavy atom. The molecule has 25 heavy (non-hydrogen) atoms. The molecule has 3 rings (SSSR count). The van der Waals surface area contributed by atoms with Crippen molar-refractivity contribution in [3.8, 4) is 0 Å². The second-order valence-corrected chi connectivity index (χ2v) is 8.25. The van der Waals surface area contributed by atoms with Crippen molar-refractivity contribution in [1.29, 1.82) is 0 Å². The molecule has 0 bridgehead atoms. The molecule has 1 saturated heterocycles. The molecule has 5 nitrogen and oxygen atoms in total. The summed E-state index contributed by atoms with van der Waals surface area (Å²) < 4.78 is 0. The average molecular weight is 365 g/mol. The van der Waals surface area contributed by atoms with Gasteiger partial charge in [0.25, 0.3) is 0 Å². The minimum absolute atomic E-state index is 0.283. The molecule has 0 spiro atoms. The zero-order valence-electron chi connectivity index (χ0n) is 15.4. The lowest BCUT2D eigenvalue weighted by molar-refractivity contribution is 0.0399. The minimum Gasteiger partial charge on any atom is -0.396 e. The largest absolute Gasteiger partial charge is 0.396 e. The first-order chi connectivity index (χ1) is 12.3. The summed E-state index contributed by atoms with van der Waals surface area (Å²) in [6.45, 7) is 5.67. The van der Waals surface area contributed by atoms with Crippen LogP contribution >= 0.6 is 11.8 Å². The summed E-state index contributed by atoms with van der Waals surface area (Å²) in [5, 5.41) is 10.3. The molecular weight excluding hydrogens is 332 g/mol. The smallest absolute Gasteiger partial charge is 0.187 e. The molecular formula is C19H32N4OS. The monoisotopic (exact) mass is 364 g/mol. The van der Waals surface area contributed by atoms with Gasteiger partial charge in [0.05, 0.1) is 0 Å². The molecule has 1 aromatic heterocycles. The number of aromatic nitrogens is 2. The van der Waals surface area contributed by atoms with E-state index < -0.39 is 0 Å². The van der Waals surface area contributed by atoms with Gasteiger partial charge in [0, 0.05) is 63.3 Å². The van der Waals surface area contributed by atoms with Crippen LogP contribution in [0.1, 0.15) is 44.1 Å². The first-order valence-corrected chi connectivity index (χ1v) is 10.9. The Bertz CT molecular complexity index is 507. The molecule has 6 heteroatoms. The van der Waals surface area contributed by atoms with E-state index in [9.17, 15) is 5.11 Å². The highest BCUT2D eigenvalue weighted by Gasteiger charge is 2.28. The van der Waals surface area contributed by atoms with Gasteiger partial charge in [-0.15, -0.1) is 0 Å². The van der Waals surface area contributed by atoms with E-state index >= 15 is 0 Å². The van der Waals surface area contributed by atoms with E-state index in [1.807, 2.05) is 18.6 Å². The van der Waals surface area contributed by atoms with Crippen LogP contribution in [0, 0.1) is 5.92 Å². The summed E-state index contributed by atoms with van der Waals surface area (Å²) in [6.07, 6.45) is 13.8. The highest BCUT2D eigenvalue weighted by Crippen LogP contribution is 2.26. The lowest BCUT2D eigenvalue weighted by Gasteiger charge is -2.43. The highest BCUT2D eigenvalue weighted by molar-refractivity contribution is 7.98. The molecule has 2 fully saturated rings. The SMILES string of the molecule is CSc1ncc(CN2CCN(CC3CCCCC3)C(CCO)C2)cn1. The number of hydrogen-bond acceptors (Lipinski definition) is 6. The average Bonchev–Trinajstić information content (AvgIpc) is 2.65. The fraction of sp³-hybridized carbons (Fsp3) is 0.789. The molecule has 0 aromatic carbocycles. The van der Waals surface area contributed by atoms with Crippen LogP contribution in [0.3, 0.4) is 0 Å². The van der Waals surface area contributed by atoms with Gasteiger partial charge in [-0.1, -0.05) is 31.0 Å². The van der Waals surface area contributed by atoms with Crippen LogP contribution < -0.4 is 0 Å². The fourth-order valence-electron chi connectivity index (χ4n) is 4.25. The Hall–Kier alpha value is -0.690. The van der Waals surface area contributed by atoms with Crippen molar-refractivity contribution in [2.24, 2.45) is 5.92 Å². The van der Waals surface area contributed by atoms with Crippen LogP contribution in [0.4, 0.5) is 0 Å². The Morgan fingerprint density at radius 2 is 1.92 bits per heavy atom. The molecule has 1 aliphatic carbocycles. The maximum Gasteiger partial charge on any atom is 0.187 e. The minimum atomic E-state index is 0.283. The molecule has 0 amide bonds. The van der Waals surface area contributed by atoms with E-state index in [-0.39, 0.29) is 6.61 Å². The molecule has 1 atom stereocenters. The Labute approximate surface area is 156 Å². The Kier molecular flexibility index (Phi) is 7.52. The number of aliphatic hydroxyl groups excluding tert-OH is 1. The van der Waals surface area contributed by atoms with E-state index in [2.05, 4.69) is 19.8 Å². The van der Waals surface area contributed by atoms with Crippen LogP contribution in [-0.4, -0.2) is 70.0 Å². The number of nitrogens with zero attached hydrogens (tertiary/aromatic N) is 4. The van der Waals surface area contributed by atoms with Gasteiger partial charge in [0.15, 0.2) is 5.16 Å². The summed E-state index contributed by atoms with van der Waals surface area (Å²) in [4.78, 5) is 13.9. The van der Waals surface area contributed by atoms with Crippen molar-refractivity contribution in [2.75, 3.05) is 39.0 Å². The van der Waals surface area contributed by atoms with Gasteiger partial charge >= 0.3 is 0 Å². The van der Waals surface area contributed by atoms with Crippen molar-refractivity contribution in [3.05, 3.63) is 18.0 Å². The molecule has 1 N–H and O–H groups in total. The van der Waals surface area contributed by atoms with Crippen LogP contribution in [-0.2, 0) is 6.54 Å². The summed E-state index contributed by atoms with van der Waals surface area (Å²) in [6, 6.07) is 0.479. The number of piperazine rings is 1. The topological polar surface area (TPSA) is 52.5 Å². The zero-order valence-corrected chi connectivity index (χ0v) is 16.3. The van der Waals surface area contributed by atoms with Gasteiger partial charge in [-0.2, -0.15) is 0 Å². The van der Waals surface area contributed by atoms with Crippen LogP contribution in [0.2, 0.25) is 0 Å². The van der Waals surface area contributed by atoms with E-state index in [0.29, 0.717) is 6.04 Å². The number of hydrogen-bond donors (Lipinski definition) is 1. The van der Waals surface area contributed by atoms with Gasteiger partial charge in [-0.3, -0.25) is 9.80 Å². The predicted octanol–water partition coefficient (Wildman–Crippen LogP) is 2.65. The quantitative estimate of drug-likeness (QED) is 0.593. The van der Waals surface area contributed by atoms with E-state index in [4.69, 9.17) is 0 Å².